The molecule has 2 aromatic carbocycles. The lowest BCUT2D eigenvalue weighted by Crippen LogP contribution is -2.17. The number of amides is 1. The number of fused-ring (bicyclic) bond motifs is 2. The summed E-state index contributed by atoms with van der Waals surface area (Å²) >= 11 is 0. The number of hydrogen-bond acceptors (Lipinski definition) is 6. The standard InChI is InChI=1S/C25H25NO6/c1-13-15(3)31-22-12-23-19(11-18(13)22)14(2)17(25(28)32-23)7-9-24(27)26-20-10-16(29-4)6-8-21(20)30-5/h6,8,10-12H,7,9H2,1-5H3,(H,26,27). The van der Waals surface area contributed by atoms with Crippen LogP contribution in [-0.2, 0) is 11.2 Å². The third kappa shape index (κ3) is 3.82. The average molecular weight is 435 g/mol. The molecule has 1 N–H and O–H groups in total. The topological polar surface area (TPSA) is 90.9 Å². The van der Waals surface area contributed by atoms with E-state index in [0.29, 0.717) is 33.9 Å². The van der Waals surface area contributed by atoms with Gasteiger partial charge in [0.05, 0.1) is 19.9 Å². The molecule has 0 radical (unpaired) electrons. The van der Waals surface area contributed by atoms with Crippen molar-refractivity contribution in [3.63, 3.8) is 0 Å². The lowest BCUT2D eigenvalue weighted by atomic mass is 10.0. The first kappa shape index (κ1) is 21.5. The summed E-state index contributed by atoms with van der Waals surface area (Å²) in [6, 6.07) is 8.89. The van der Waals surface area contributed by atoms with E-state index >= 15 is 0 Å². The van der Waals surface area contributed by atoms with Gasteiger partial charge in [-0.25, -0.2) is 4.79 Å². The number of furan rings is 1. The predicted octanol–water partition coefficient (Wildman–Crippen LogP) is 5.05. The van der Waals surface area contributed by atoms with E-state index < -0.39 is 5.63 Å². The number of benzene rings is 2. The smallest absolute Gasteiger partial charge is 0.339 e. The third-order valence-corrected chi connectivity index (χ3v) is 5.87. The molecule has 0 bridgehead atoms. The Kier molecular flexibility index (Phi) is 5.65. The maximum Gasteiger partial charge on any atom is 0.339 e. The molecule has 7 heteroatoms. The molecule has 0 aliphatic heterocycles. The molecule has 0 saturated heterocycles. The number of ether oxygens (including phenoxy) is 2. The Labute approximate surface area is 184 Å². The summed E-state index contributed by atoms with van der Waals surface area (Å²) in [6.45, 7) is 5.79. The molecule has 0 fully saturated rings. The highest BCUT2D eigenvalue weighted by Gasteiger charge is 2.17. The maximum atomic E-state index is 12.7. The Morgan fingerprint density at radius 3 is 2.38 bits per heavy atom. The molecule has 0 atom stereocenters. The number of carbonyl (C=O) groups is 1. The Hall–Kier alpha value is -3.74. The number of carbonyl (C=O) groups excluding carboxylic acids is 1. The highest BCUT2D eigenvalue weighted by atomic mass is 16.5. The van der Waals surface area contributed by atoms with Crippen LogP contribution in [0.25, 0.3) is 21.9 Å². The molecule has 0 spiro atoms. The minimum absolute atomic E-state index is 0.115. The summed E-state index contributed by atoms with van der Waals surface area (Å²) in [5.41, 5.74) is 3.58. The van der Waals surface area contributed by atoms with Crippen LogP contribution < -0.4 is 20.4 Å². The number of hydrogen-bond donors (Lipinski definition) is 1. The molecular formula is C25H25NO6. The zero-order valence-electron chi connectivity index (χ0n) is 18.8. The molecule has 166 valence electrons. The Bertz CT molecular complexity index is 1400. The van der Waals surface area contributed by atoms with Gasteiger partial charge in [-0.05, 0) is 56.5 Å². The second kappa shape index (κ2) is 8.42. The lowest BCUT2D eigenvalue weighted by molar-refractivity contribution is -0.116. The molecule has 1 amide bonds. The maximum absolute atomic E-state index is 12.7. The van der Waals surface area contributed by atoms with Crippen molar-refractivity contribution < 1.29 is 23.1 Å². The molecule has 2 heterocycles. The molecule has 0 unspecified atom stereocenters. The quantitative estimate of drug-likeness (QED) is 0.426. The number of anilines is 1. The van der Waals surface area contributed by atoms with Gasteiger partial charge in [0.25, 0.3) is 0 Å². The summed E-state index contributed by atoms with van der Waals surface area (Å²) in [5.74, 6) is 1.71. The van der Waals surface area contributed by atoms with Gasteiger partial charge in [0.15, 0.2) is 0 Å². The van der Waals surface area contributed by atoms with Crippen LogP contribution >= 0.6 is 0 Å². The van der Waals surface area contributed by atoms with E-state index in [0.717, 1.165) is 27.7 Å². The molecule has 0 aliphatic rings. The lowest BCUT2D eigenvalue weighted by Gasteiger charge is -2.12. The van der Waals surface area contributed by atoms with Crippen molar-refractivity contribution in [2.75, 3.05) is 19.5 Å². The molecule has 0 saturated carbocycles. The fraction of sp³-hybridized carbons (Fsp3) is 0.280. The van der Waals surface area contributed by atoms with Gasteiger partial charge >= 0.3 is 5.63 Å². The average Bonchev–Trinajstić information content (AvgIpc) is 3.05. The van der Waals surface area contributed by atoms with E-state index in [2.05, 4.69) is 5.32 Å². The summed E-state index contributed by atoms with van der Waals surface area (Å²) in [7, 11) is 3.08. The number of rotatable bonds is 6. The molecule has 4 aromatic rings. The Balaban J connectivity index is 1.60. The monoisotopic (exact) mass is 435 g/mol. The van der Waals surface area contributed by atoms with Gasteiger partial charge in [-0.15, -0.1) is 0 Å². The van der Waals surface area contributed by atoms with E-state index in [-0.39, 0.29) is 18.7 Å². The van der Waals surface area contributed by atoms with Gasteiger partial charge < -0.3 is 23.6 Å². The molecular weight excluding hydrogens is 410 g/mol. The highest BCUT2D eigenvalue weighted by Crippen LogP contribution is 2.32. The van der Waals surface area contributed by atoms with Crippen LogP contribution in [0.15, 0.2) is 44.0 Å². The highest BCUT2D eigenvalue weighted by molar-refractivity contribution is 5.97. The minimum atomic E-state index is -0.443. The van der Waals surface area contributed by atoms with Crippen molar-refractivity contribution in [1.82, 2.24) is 0 Å². The minimum Gasteiger partial charge on any atom is -0.497 e. The predicted molar refractivity (Wildman–Crippen MR) is 123 cm³/mol. The normalized spacial score (nSPS) is 11.2. The molecule has 2 aromatic heterocycles. The van der Waals surface area contributed by atoms with Crippen LogP contribution in [-0.4, -0.2) is 20.1 Å². The number of nitrogens with one attached hydrogen (secondary N) is 1. The van der Waals surface area contributed by atoms with E-state index in [1.54, 1.807) is 31.4 Å². The van der Waals surface area contributed by atoms with Crippen LogP contribution in [0.3, 0.4) is 0 Å². The van der Waals surface area contributed by atoms with Crippen LogP contribution in [0.5, 0.6) is 11.5 Å². The molecule has 0 aliphatic carbocycles. The van der Waals surface area contributed by atoms with Crippen molar-refractivity contribution in [3.8, 4) is 11.5 Å². The van der Waals surface area contributed by atoms with E-state index in [9.17, 15) is 9.59 Å². The number of aryl methyl sites for hydroxylation is 3. The van der Waals surface area contributed by atoms with Crippen molar-refractivity contribution in [3.05, 3.63) is 63.2 Å². The summed E-state index contributed by atoms with van der Waals surface area (Å²) in [5, 5.41) is 4.65. The van der Waals surface area contributed by atoms with Crippen LogP contribution in [0.1, 0.15) is 28.9 Å². The summed E-state index contributed by atoms with van der Waals surface area (Å²) in [6.07, 6.45) is 0.368. The van der Waals surface area contributed by atoms with Crippen molar-refractivity contribution >= 4 is 33.5 Å². The molecule has 32 heavy (non-hydrogen) atoms. The van der Waals surface area contributed by atoms with Crippen molar-refractivity contribution in [2.24, 2.45) is 0 Å². The van der Waals surface area contributed by atoms with Crippen LogP contribution in [0.4, 0.5) is 5.69 Å². The largest absolute Gasteiger partial charge is 0.497 e. The second-order valence-electron chi connectivity index (χ2n) is 7.74. The summed E-state index contributed by atoms with van der Waals surface area (Å²) in [4.78, 5) is 25.3. The zero-order chi connectivity index (χ0) is 23.0. The fourth-order valence-electron chi connectivity index (χ4n) is 3.88. The molecule has 4 rings (SSSR count). The second-order valence-corrected chi connectivity index (χ2v) is 7.74. The van der Waals surface area contributed by atoms with Gasteiger partial charge in [-0.2, -0.15) is 0 Å². The van der Waals surface area contributed by atoms with Gasteiger partial charge in [0.1, 0.15) is 28.4 Å². The van der Waals surface area contributed by atoms with Gasteiger partial charge in [-0.3, -0.25) is 4.79 Å². The molecule has 7 nitrogen and oxygen atoms in total. The van der Waals surface area contributed by atoms with Gasteiger partial charge in [0, 0.05) is 34.9 Å². The fourth-order valence-corrected chi connectivity index (χ4v) is 3.88. The van der Waals surface area contributed by atoms with Crippen LogP contribution in [0.2, 0.25) is 0 Å². The SMILES string of the molecule is COc1ccc(OC)c(NC(=O)CCc2c(C)c3cc4c(C)c(C)oc4cc3oc2=O)c1. The van der Waals surface area contributed by atoms with Crippen molar-refractivity contribution in [2.45, 2.75) is 33.6 Å². The Morgan fingerprint density at radius 2 is 1.66 bits per heavy atom. The van der Waals surface area contributed by atoms with E-state index in [4.69, 9.17) is 18.3 Å². The van der Waals surface area contributed by atoms with Gasteiger partial charge in [0.2, 0.25) is 5.91 Å². The Morgan fingerprint density at radius 1 is 0.938 bits per heavy atom. The van der Waals surface area contributed by atoms with Crippen molar-refractivity contribution in [1.29, 1.82) is 0 Å². The van der Waals surface area contributed by atoms with Gasteiger partial charge in [-0.1, -0.05) is 0 Å². The number of methoxy groups -OCH3 is 2. The third-order valence-electron chi connectivity index (χ3n) is 5.87. The first-order valence-corrected chi connectivity index (χ1v) is 10.3. The zero-order valence-corrected chi connectivity index (χ0v) is 18.8. The van der Waals surface area contributed by atoms with Crippen LogP contribution in [0, 0.1) is 20.8 Å². The summed E-state index contributed by atoms with van der Waals surface area (Å²) < 4.78 is 21.8. The van der Waals surface area contributed by atoms with E-state index in [1.807, 2.05) is 26.8 Å². The first-order valence-electron chi connectivity index (χ1n) is 10.3. The first-order chi connectivity index (χ1) is 15.3. The van der Waals surface area contributed by atoms with E-state index in [1.165, 1.54) is 7.11 Å².